The molecule has 28 heavy (non-hydrogen) atoms. The summed E-state index contributed by atoms with van der Waals surface area (Å²) < 4.78 is 40.6. The summed E-state index contributed by atoms with van der Waals surface area (Å²) in [5.41, 5.74) is 1.44. The summed E-state index contributed by atoms with van der Waals surface area (Å²) in [6.45, 7) is 7.63. The topological polar surface area (TPSA) is 63.8 Å². The molecular formula is C19H19F3N4OS. The molecule has 0 saturated heterocycles. The lowest BCUT2D eigenvalue weighted by Crippen LogP contribution is -2.07. The number of halogens is 3. The first-order chi connectivity index (χ1) is 13.1. The third-order valence-corrected chi connectivity index (χ3v) is 4.99. The predicted molar refractivity (Wildman–Crippen MR) is 103 cm³/mol. The van der Waals surface area contributed by atoms with Crippen LogP contribution < -0.4 is 0 Å². The third-order valence-electron chi connectivity index (χ3n) is 4.08. The van der Waals surface area contributed by atoms with Crippen LogP contribution >= 0.6 is 11.8 Å². The second-order valence-corrected chi connectivity index (χ2v) is 7.72. The highest BCUT2D eigenvalue weighted by Crippen LogP contribution is 2.36. The Kier molecular flexibility index (Phi) is 5.38. The molecule has 0 radical (unpaired) electrons. The van der Waals surface area contributed by atoms with Crippen LogP contribution in [0, 0.1) is 0 Å². The molecule has 9 heteroatoms. The fraction of sp³-hybridized carbons (Fsp3) is 0.316. The Balaban J connectivity index is 2.22. The molecule has 0 bridgehead atoms. The monoisotopic (exact) mass is 408 g/mol. The molecule has 148 valence electrons. The minimum absolute atomic E-state index is 0.0579. The molecule has 0 saturated carbocycles. The van der Waals surface area contributed by atoms with Crippen LogP contribution in [0.15, 0.2) is 35.4 Å². The average molecular weight is 408 g/mol. The van der Waals surface area contributed by atoms with Gasteiger partial charge in [-0.1, -0.05) is 19.1 Å². The molecule has 0 amide bonds. The first-order valence-corrected chi connectivity index (χ1v) is 9.50. The Labute approximate surface area is 164 Å². The zero-order valence-electron chi connectivity index (χ0n) is 15.6. The Morgan fingerprint density at radius 3 is 2.61 bits per heavy atom. The lowest BCUT2D eigenvalue weighted by atomic mass is 10.1. The van der Waals surface area contributed by atoms with Gasteiger partial charge in [0, 0.05) is 18.4 Å². The first kappa shape index (κ1) is 20.2. The van der Waals surface area contributed by atoms with Gasteiger partial charge >= 0.3 is 6.18 Å². The maximum Gasteiger partial charge on any atom is 0.433 e. The van der Waals surface area contributed by atoms with Gasteiger partial charge in [-0.3, -0.25) is 0 Å². The first-order valence-electron chi connectivity index (χ1n) is 8.52. The van der Waals surface area contributed by atoms with Crippen LogP contribution in [0.4, 0.5) is 13.2 Å². The number of aryl methyl sites for hydroxylation is 1. The summed E-state index contributed by atoms with van der Waals surface area (Å²) in [6, 6.07) is 2.55. The molecule has 0 atom stereocenters. The fourth-order valence-corrected chi connectivity index (χ4v) is 3.60. The summed E-state index contributed by atoms with van der Waals surface area (Å²) in [4.78, 5) is 13.2. The normalized spacial score (nSPS) is 11.9. The molecule has 0 fully saturated rings. The van der Waals surface area contributed by atoms with Gasteiger partial charge < -0.3 is 9.67 Å². The van der Waals surface area contributed by atoms with Crippen molar-refractivity contribution in [1.29, 1.82) is 0 Å². The van der Waals surface area contributed by atoms with Gasteiger partial charge in [0.05, 0.1) is 22.9 Å². The van der Waals surface area contributed by atoms with Gasteiger partial charge in [-0.15, -0.1) is 11.8 Å². The lowest BCUT2D eigenvalue weighted by molar-refractivity contribution is -0.141. The van der Waals surface area contributed by atoms with E-state index in [4.69, 9.17) is 0 Å². The van der Waals surface area contributed by atoms with E-state index in [1.807, 2.05) is 13.8 Å². The van der Waals surface area contributed by atoms with Crippen molar-refractivity contribution >= 4 is 22.8 Å². The minimum atomic E-state index is -4.54. The summed E-state index contributed by atoms with van der Waals surface area (Å²) in [7, 11) is 1.70. The summed E-state index contributed by atoms with van der Waals surface area (Å²) in [5.74, 6) is 1.20. The highest BCUT2D eigenvalue weighted by molar-refractivity contribution is 7.99. The van der Waals surface area contributed by atoms with Crippen molar-refractivity contribution in [3.8, 4) is 17.3 Å². The molecule has 0 aliphatic rings. The maximum absolute atomic E-state index is 13.0. The summed E-state index contributed by atoms with van der Waals surface area (Å²) in [6.07, 6.45) is -2.99. The Morgan fingerprint density at radius 1 is 1.29 bits per heavy atom. The number of nitrogens with zero attached hydrogens (tertiary/aromatic N) is 4. The van der Waals surface area contributed by atoms with Crippen molar-refractivity contribution in [3.63, 3.8) is 0 Å². The number of aromatic hydroxyl groups is 1. The van der Waals surface area contributed by atoms with E-state index < -0.39 is 11.9 Å². The van der Waals surface area contributed by atoms with Gasteiger partial charge in [-0.05, 0) is 24.8 Å². The summed E-state index contributed by atoms with van der Waals surface area (Å²) >= 11 is 1.47. The van der Waals surface area contributed by atoms with Crippen molar-refractivity contribution in [3.05, 3.63) is 41.9 Å². The van der Waals surface area contributed by atoms with E-state index in [1.54, 1.807) is 17.7 Å². The van der Waals surface area contributed by atoms with Gasteiger partial charge in [0.1, 0.15) is 17.1 Å². The number of allylic oxidation sites excluding steroid dienone is 1. The number of alkyl halides is 3. The minimum Gasteiger partial charge on any atom is -0.506 e. The molecule has 3 aromatic rings. The standard InChI is InChI=1S/C19H19F3N4OS/c1-5-28-15-8-14(27)12(6-10(2)3)24-17(15)18-25-11-7-16(19(20,21)22)23-9-13(11)26(18)4/h7-9,27H,2,5-6H2,1,3-4H3. The van der Waals surface area contributed by atoms with Crippen molar-refractivity contribution in [2.24, 2.45) is 7.05 Å². The van der Waals surface area contributed by atoms with Gasteiger partial charge in [0.15, 0.2) is 5.82 Å². The number of hydrogen-bond donors (Lipinski definition) is 1. The van der Waals surface area contributed by atoms with Crippen LogP contribution in [-0.4, -0.2) is 30.4 Å². The number of pyridine rings is 2. The maximum atomic E-state index is 13.0. The van der Waals surface area contributed by atoms with E-state index in [9.17, 15) is 18.3 Å². The van der Waals surface area contributed by atoms with Gasteiger partial charge in [0.2, 0.25) is 0 Å². The molecule has 3 aromatic heterocycles. The zero-order chi connectivity index (χ0) is 20.6. The van der Waals surface area contributed by atoms with Crippen LogP contribution in [0.3, 0.4) is 0 Å². The molecule has 1 N–H and O–H groups in total. The van der Waals surface area contributed by atoms with E-state index in [-0.39, 0.29) is 11.3 Å². The fourth-order valence-electron chi connectivity index (χ4n) is 2.82. The number of fused-ring (bicyclic) bond motifs is 1. The van der Waals surface area contributed by atoms with Crippen LogP contribution in [-0.2, 0) is 19.6 Å². The van der Waals surface area contributed by atoms with Gasteiger partial charge in [-0.25, -0.2) is 15.0 Å². The molecule has 3 heterocycles. The van der Waals surface area contributed by atoms with Crippen LogP contribution in [0.25, 0.3) is 22.6 Å². The zero-order valence-corrected chi connectivity index (χ0v) is 16.4. The molecule has 0 aliphatic heterocycles. The molecule has 0 aromatic carbocycles. The highest BCUT2D eigenvalue weighted by atomic mass is 32.2. The lowest BCUT2D eigenvalue weighted by Gasteiger charge is -2.12. The van der Waals surface area contributed by atoms with E-state index >= 15 is 0 Å². The number of imidazole rings is 1. The smallest absolute Gasteiger partial charge is 0.433 e. The molecule has 3 rings (SSSR count). The van der Waals surface area contributed by atoms with E-state index in [1.165, 1.54) is 11.8 Å². The summed E-state index contributed by atoms with van der Waals surface area (Å²) in [5, 5.41) is 10.3. The SMILES string of the molecule is C=C(C)Cc1nc(-c2nc3cc(C(F)(F)F)ncc3n2C)c(SCC)cc1O. The number of aromatic nitrogens is 4. The number of thioether (sulfide) groups is 1. The van der Waals surface area contributed by atoms with Crippen molar-refractivity contribution in [2.75, 3.05) is 5.75 Å². The molecular weight excluding hydrogens is 389 g/mol. The van der Waals surface area contributed by atoms with Crippen LogP contribution in [0.1, 0.15) is 25.2 Å². The second kappa shape index (κ2) is 7.46. The van der Waals surface area contributed by atoms with E-state index in [0.29, 0.717) is 34.0 Å². The van der Waals surface area contributed by atoms with E-state index in [0.717, 1.165) is 23.6 Å². The van der Waals surface area contributed by atoms with E-state index in [2.05, 4.69) is 21.5 Å². The van der Waals surface area contributed by atoms with Crippen molar-refractivity contribution in [2.45, 2.75) is 31.3 Å². The molecule has 0 spiro atoms. The highest BCUT2D eigenvalue weighted by Gasteiger charge is 2.33. The Morgan fingerprint density at radius 2 is 2.00 bits per heavy atom. The molecule has 5 nitrogen and oxygen atoms in total. The molecule has 0 unspecified atom stereocenters. The van der Waals surface area contributed by atoms with Crippen molar-refractivity contribution in [1.82, 2.24) is 19.5 Å². The average Bonchev–Trinajstić information content (AvgIpc) is 2.92. The van der Waals surface area contributed by atoms with Crippen molar-refractivity contribution < 1.29 is 18.3 Å². The second-order valence-electron chi connectivity index (χ2n) is 6.42. The third kappa shape index (κ3) is 3.84. The number of rotatable bonds is 5. The van der Waals surface area contributed by atoms with Crippen LogP contribution in [0.5, 0.6) is 5.75 Å². The quantitative estimate of drug-likeness (QED) is 0.476. The molecule has 0 aliphatic carbocycles. The largest absolute Gasteiger partial charge is 0.506 e. The van der Waals surface area contributed by atoms with Gasteiger partial charge in [-0.2, -0.15) is 13.2 Å². The van der Waals surface area contributed by atoms with Gasteiger partial charge in [0.25, 0.3) is 0 Å². The predicted octanol–water partition coefficient (Wildman–Crippen LogP) is 4.99. The van der Waals surface area contributed by atoms with Crippen LogP contribution in [0.2, 0.25) is 0 Å². The number of hydrogen-bond acceptors (Lipinski definition) is 5. The Bertz CT molecular complexity index is 1060. The Hall–Kier alpha value is -2.55.